The van der Waals surface area contributed by atoms with Gasteiger partial charge >= 0.3 is 29.6 Å². The normalized spacial score (nSPS) is 37.8. The van der Waals surface area contributed by atoms with Gasteiger partial charge in [-0.15, -0.1) is 0 Å². The molecule has 0 aliphatic carbocycles. The summed E-state index contributed by atoms with van der Waals surface area (Å²) in [5.41, 5.74) is 0. The van der Waals surface area contributed by atoms with Crippen LogP contribution in [0.5, 0.6) is 0 Å². The zero-order chi connectivity index (χ0) is 12.3. The van der Waals surface area contributed by atoms with E-state index in [-0.39, 0.29) is 29.6 Å². The van der Waals surface area contributed by atoms with Gasteiger partial charge in [-0.2, -0.15) is 0 Å². The van der Waals surface area contributed by atoms with Crippen LogP contribution < -0.4 is 34.7 Å². The van der Waals surface area contributed by atoms with Crippen molar-refractivity contribution < 1.29 is 64.3 Å². The molecule has 3 N–H and O–H groups in total. The van der Waals surface area contributed by atoms with Crippen LogP contribution in [-0.2, 0) is 14.3 Å². The molecule has 0 spiro atoms. The van der Waals surface area contributed by atoms with Crippen molar-refractivity contribution in [3.8, 4) is 0 Å². The standard InChI is InChI=1S/C9H14O7.Na/c1-15-9-8(14)7(13)6(12)4(16-9)2-3-5(10)11;/h2-4,6-9,12-14H,1H3,(H,10,11);/q;+1/p-1/b3-2+;/t4-,6-,7+,8+,9+;/m1./s1. The second-order valence-corrected chi connectivity index (χ2v) is 3.35. The molecule has 1 heterocycles. The number of carbonyl (C=O) groups is 1. The van der Waals surface area contributed by atoms with E-state index in [4.69, 9.17) is 9.47 Å². The molecule has 0 aromatic rings. The number of methoxy groups -OCH3 is 1. The molecule has 0 aromatic heterocycles. The Morgan fingerprint density at radius 1 is 1.29 bits per heavy atom. The molecule has 1 fully saturated rings. The third-order valence-corrected chi connectivity index (χ3v) is 2.26. The summed E-state index contributed by atoms with van der Waals surface area (Å²) in [5, 5.41) is 38.5. The number of ether oxygens (including phenoxy) is 2. The van der Waals surface area contributed by atoms with Crippen LogP contribution in [-0.4, -0.2) is 59.1 Å². The Labute approximate surface area is 120 Å². The number of hydrogen-bond acceptors (Lipinski definition) is 7. The molecule has 1 aliphatic rings. The zero-order valence-corrected chi connectivity index (χ0v) is 11.5. The molecule has 1 rings (SSSR count). The van der Waals surface area contributed by atoms with Crippen molar-refractivity contribution in [2.45, 2.75) is 30.7 Å². The number of carboxylic acid groups (broad SMARTS) is 1. The quantitative estimate of drug-likeness (QED) is 0.339. The van der Waals surface area contributed by atoms with Crippen molar-refractivity contribution in [1.82, 2.24) is 0 Å². The molecule has 0 bridgehead atoms. The molecule has 1 saturated heterocycles. The summed E-state index contributed by atoms with van der Waals surface area (Å²) in [4.78, 5) is 10.2. The predicted octanol–water partition coefficient (Wildman–Crippen LogP) is -6.25. The van der Waals surface area contributed by atoms with E-state index in [0.29, 0.717) is 6.08 Å². The van der Waals surface area contributed by atoms with Crippen LogP contribution in [0.4, 0.5) is 0 Å². The molecular weight excluding hydrogens is 243 g/mol. The fraction of sp³-hybridized carbons (Fsp3) is 0.667. The van der Waals surface area contributed by atoms with Gasteiger partial charge < -0.3 is 34.7 Å². The summed E-state index contributed by atoms with van der Waals surface area (Å²) in [6, 6.07) is 0. The Balaban J connectivity index is 0.00000256. The minimum atomic E-state index is -1.48. The van der Waals surface area contributed by atoms with E-state index in [1.54, 1.807) is 0 Å². The fourth-order valence-corrected chi connectivity index (χ4v) is 1.40. The number of carbonyl (C=O) groups excluding carboxylic acids is 1. The molecular formula is C9H13NaO7. The number of carboxylic acids is 1. The average Bonchev–Trinajstić information content (AvgIpc) is 2.25. The Kier molecular flexibility index (Phi) is 7.45. The van der Waals surface area contributed by atoms with Gasteiger partial charge in [0, 0.05) is 7.11 Å². The first-order valence-electron chi connectivity index (χ1n) is 4.59. The molecule has 0 radical (unpaired) electrons. The van der Waals surface area contributed by atoms with Gasteiger partial charge in [0.25, 0.3) is 0 Å². The van der Waals surface area contributed by atoms with Crippen molar-refractivity contribution in [3.63, 3.8) is 0 Å². The largest absolute Gasteiger partial charge is 1.00 e. The fourth-order valence-electron chi connectivity index (χ4n) is 1.40. The SMILES string of the molecule is CO[C@H]1O[C@H](/C=C/C(=O)[O-])[C@@H](O)[C@H](O)[C@@H]1O.[Na+]. The summed E-state index contributed by atoms with van der Waals surface area (Å²) in [5.74, 6) is -1.45. The topological polar surface area (TPSA) is 119 Å². The average molecular weight is 256 g/mol. The first kappa shape index (κ1) is 17.0. The molecule has 0 aromatic carbocycles. The molecule has 8 heteroatoms. The van der Waals surface area contributed by atoms with Crippen LogP contribution in [0, 0.1) is 0 Å². The van der Waals surface area contributed by atoms with Gasteiger partial charge in [-0.1, -0.05) is 6.08 Å². The second-order valence-electron chi connectivity index (χ2n) is 3.35. The third-order valence-electron chi connectivity index (χ3n) is 2.26. The summed E-state index contributed by atoms with van der Waals surface area (Å²) in [6.07, 6.45) is -4.83. The van der Waals surface area contributed by atoms with E-state index < -0.39 is 36.7 Å². The van der Waals surface area contributed by atoms with Gasteiger partial charge in [-0.3, -0.25) is 0 Å². The number of aliphatic hydroxyl groups excluding tert-OH is 3. The smallest absolute Gasteiger partial charge is 0.545 e. The third kappa shape index (κ3) is 4.31. The molecule has 1 aliphatic heterocycles. The Bertz CT molecular complexity index is 281. The van der Waals surface area contributed by atoms with Crippen LogP contribution in [0.3, 0.4) is 0 Å². The summed E-state index contributed by atoms with van der Waals surface area (Å²) in [7, 11) is 1.25. The maximum absolute atomic E-state index is 10.2. The summed E-state index contributed by atoms with van der Waals surface area (Å²) in [6.45, 7) is 0. The number of aliphatic hydroxyl groups is 3. The van der Waals surface area contributed by atoms with E-state index in [1.165, 1.54) is 7.11 Å². The minimum absolute atomic E-state index is 0. The van der Waals surface area contributed by atoms with Crippen LogP contribution in [0.25, 0.3) is 0 Å². The van der Waals surface area contributed by atoms with Crippen molar-refractivity contribution in [3.05, 3.63) is 12.2 Å². The Hall–Kier alpha value is 0.01000. The minimum Gasteiger partial charge on any atom is -0.545 e. The molecule has 0 amide bonds. The van der Waals surface area contributed by atoms with E-state index in [9.17, 15) is 25.2 Å². The molecule has 0 saturated carbocycles. The van der Waals surface area contributed by atoms with Gasteiger partial charge in [0.2, 0.25) is 0 Å². The molecule has 0 unspecified atom stereocenters. The Morgan fingerprint density at radius 2 is 1.88 bits per heavy atom. The van der Waals surface area contributed by atoms with Gasteiger partial charge in [0.15, 0.2) is 6.29 Å². The maximum atomic E-state index is 10.2. The monoisotopic (exact) mass is 256 g/mol. The van der Waals surface area contributed by atoms with E-state index in [1.807, 2.05) is 0 Å². The van der Waals surface area contributed by atoms with Crippen LogP contribution in [0.2, 0.25) is 0 Å². The zero-order valence-electron chi connectivity index (χ0n) is 9.52. The van der Waals surface area contributed by atoms with Crippen molar-refractivity contribution in [2.75, 3.05) is 7.11 Å². The predicted molar refractivity (Wildman–Crippen MR) is 47.8 cm³/mol. The van der Waals surface area contributed by atoms with Crippen LogP contribution >= 0.6 is 0 Å². The first-order valence-corrected chi connectivity index (χ1v) is 4.59. The van der Waals surface area contributed by atoms with Gasteiger partial charge in [0.05, 0.1) is 5.97 Å². The van der Waals surface area contributed by atoms with Gasteiger partial charge in [-0.25, -0.2) is 0 Å². The van der Waals surface area contributed by atoms with Crippen LogP contribution in [0.1, 0.15) is 0 Å². The van der Waals surface area contributed by atoms with Gasteiger partial charge in [-0.05, 0) is 6.08 Å². The van der Waals surface area contributed by atoms with E-state index in [0.717, 1.165) is 6.08 Å². The van der Waals surface area contributed by atoms with Crippen molar-refractivity contribution in [1.29, 1.82) is 0 Å². The summed E-state index contributed by atoms with van der Waals surface area (Å²) >= 11 is 0. The number of aliphatic carboxylic acids is 1. The van der Waals surface area contributed by atoms with Crippen molar-refractivity contribution in [2.24, 2.45) is 0 Å². The molecule has 7 nitrogen and oxygen atoms in total. The number of rotatable bonds is 3. The van der Waals surface area contributed by atoms with E-state index in [2.05, 4.69) is 0 Å². The first-order chi connectivity index (χ1) is 7.47. The maximum Gasteiger partial charge on any atom is 1.00 e. The van der Waals surface area contributed by atoms with Crippen molar-refractivity contribution >= 4 is 5.97 Å². The molecule has 5 atom stereocenters. The number of hydrogen-bond donors (Lipinski definition) is 3. The summed E-state index contributed by atoms with van der Waals surface area (Å²) < 4.78 is 9.74. The van der Waals surface area contributed by atoms with Gasteiger partial charge in [0.1, 0.15) is 24.4 Å². The van der Waals surface area contributed by atoms with Crippen LogP contribution in [0.15, 0.2) is 12.2 Å². The second kappa shape index (κ2) is 7.45. The van der Waals surface area contributed by atoms with E-state index >= 15 is 0 Å². The molecule has 17 heavy (non-hydrogen) atoms. The molecule has 92 valence electrons. The Morgan fingerprint density at radius 3 is 2.35 bits per heavy atom.